The molecule has 104 valence electrons. The highest BCUT2D eigenvalue weighted by atomic mass is 19.1. The van der Waals surface area contributed by atoms with Crippen LogP contribution in [0.5, 0.6) is 5.75 Å². The van der Waals surface area contributed by atoms with Crippen molar-refractivity contribution in [2.75, 3.05) is 0 Å². The molecule has 0 saturated carbocycles. The van der Waals surface area contributed by atoms with Gasteiger partial charge in [0, 0.05) is 0 Å². The molecule has 0 unspecified atom stereocenters. The molecule has 2 rings (SSSR count). The minimum Gasteiger partial charge on any atom is -0.486 e. The molecule has 0 spiro atoms. The summed E-state index contributed by atoms with van der Waals surface area (Å²) in [6, 6.07) is 7.76. The maximum absolute atomic E-state index is 13.5. The largest absolute Gasteiger partial charge is 0.486 e. The van der Waals surface area contributed by atoms with Gasteiger partial charge in [-0.3, -0.25) is 0 Å². The summed E-state index contributed by atoms with van der Waals surface area (Å²) in [6.45, 7) is 1.68. The molecule has 0 bridgehead atoms. The first-order valence-electron chi connectivity index (χ1n) is 5.87. The Hall–Kier alpha value is -2.43. The fourth-order valence-electron chi connectivity index (χ4n) is 1.74. The van der Waals surface area contributed by atoms with Crippen LogP contribution in [0.2, 0.25) is 0 Å². The molecule has 3 nitrogen and oxygen atoms in total. The van der Waals surface area contributed by atoms with Gasteiger partial charge in [-0.25, -0.2) is 13.6 Å². The number of hydrogen-bond acceptors (Lipinski definition) is 2. The molecule has 0 saturated heterocycles. The predicted molar refractivity (Wildman–Crippen MR) is 68.8 cm³/mol. The van der Waals surface area contributed by atoms with Gasteiger partial charge in [-0.15, -0.1) is 0 Å². The Morgan fingerprint density at radius 2 is 1.95 bits per heavy atom. The van der Waals surface area contributed by atoms with Crippen molar-refractivity contribution in [2.24, 2.45) is 0 Å². The van der Waals surface area contributed by atoms with Crippen LogP contribution >= 0.6 is 0 Å². The zero-order valence-corrected chi connectivity index (χ0v) is 10.7. The Bertz CT molecular complexity index is 654. The SMILES string of the molecule is Cc1ccc(F)c(OCc2cc(F)cc(C(=O)O)c2)c1. The van der Waals surface area contributed by atoms with Crippen molar-refractivity contribution < 1.29 is 23.4 Å². The standard InChI is InChI=1S/C15H12F2O3/c1-9-2-3-13(17)14(4-9)20-8-10-5-11(15(18)19)7-12(16)6-10/h2-7H,8H2,1H3,(H,18,19). The fourth-order valence-corrected chi connectivity index (χ4v) is 1.74. The molecule has 0 aromatic heterocycles. The van der Waals surface area contributed by atoms with E-state index < -0.39 is 17.6 Å². The number of benzene rings is 2. The number of rotatable bonds is 4. The molecule has 0 fully saturated rings. The number of halogens is 2. The molecular formula is C15H12F2O3. The zero-order chi connectivity index (χ0) is 14.7. The summed E-state index contributed by atoms with van der Waals surface area (Å²) in [5.74, 6) is -2.38. The van der Waals surface area contributed by atoms with E-state index in [1.807, 2.05) is 0 Å². The van der Waals surface area contributed by atoms with E-state index in [-0.39, 0.29) is 17.9 Å². The quantitative estimate of drug-likeness (QED) is 0.930. The lowest BCUT2D eigenvalue weighted by atomic mass is 10.1. The summed E-state index contributed by atoms with van der Waals surface area (Å²) >= 11 is 0. The van der Waals surface area contributed by atoms with Crippen molar-refractivity contribution in [3.63, 3.8) is 0 Å². The second kappa shape index (κ2) is 5.69. The van der Waals surface area contributed by atoms with Crippen molar-refractivity contribution in [2.45, 2.75) is 13.5 Å². The maximum atomic E-state index is 13.5. The van der Waals surface area contributed by atoms with E-state index in [9.17, 15) is 13.6 Å². The lowest BCUT2D eigenvalue weighted by Gasteiger charge is -2.09. The predicted octanol–water partition coefficient (Wildman–Crippen LogP) is 3.55. The second-order valence-electron chi connectivity index (χ2n) is 4.38. The number of aromatic carboxylic acids is 1. The first-order valence-corrected chi connectivity index (χ1v) is 5.87. The molecule has 1 N–H and O–H groups in total. The lowest BCUT2D eigenvalue weighted by Crippen LogP contribution is -2.02. The summed E-state index contributed by atoms with van der Waals surface area (Å²) in [5.41, 5.74) is 0.975. The molecule has 2 aromatic rings. The van der Waals surface area contributed by atoms with Crippen LogP contribution in [0.1, 0.15) is 21.5 Å². The first-order chi connectivity index (χ1) is 9.45. The van der Waals surface area contributed by atoms with Gasteiger partial charge in [0.2, 0.25) is 0 Å². The molecule has 0 radical (unpaired) electrons. The number of aryl methyl sites for hydroxylation is 1. The van der Waals surface area contributed by atoms with E-state index in [0.717, 1.165) is 17.7 Å². The van der Waals surface area contributed by atoms with E-state index in [2.05, 4.69) is 0 Å². The number of carboxylic acid groups (broad SMARTS) is 1. The Labute approximate surface area is 114 Å². The first kappa shape index (κ1) is 14.0. The number of carbonyl (C=O) groups is 1. The smallest absolute Gasteiger partial charge is 0.335 e. The summed E-state index contributed by atoms with van der Waals surface area (Å²) in [5, 5.41) is 8.83. The molecular weight excluding hydrogens is 266 g/mol. The van der Waals surface area contributed by atoms with E-state index in [0.29, 0.717) is 5.56 Å². The zero-order valence-electron chi connectivity index (χ0n) is 10.7. The third kappa shape index (κ3) is 3.32. The summed E-state index contributed by atoms with van der Waals surface area (Å²) in [4.78, 5) is 10.8. The van der Waals surface area contributed by atoms with Crippen molar-refractivity contribution in [1.82, 2.24) is 0 Å². The highest BCUT2D eigenvalue weighted by molar-refractivity contribution is 5.87. The van der Waals surface area contributed by atoms with Crippen LogP contribution in [0.15, 0.2) is 36.4 Å². The summed E-state index contributed by atoms with van der Waals surface area (Å²) in [7, 11) is 0. The average Bonchev–Trinajstić information content (AvgIpc) is 2.39. The van der Waals surface area contributed by atoms with Gasteiger partial charge in [0.1, 0.15) is 12.4 Å². The summed E-state index contributed by atoms with van der Waals surface area (Å²) in [6.07, 6.45) is 0. The van der Waals surface area contributed by atoms with Crippen molar-refractivity contribution in [3.8, 4) is 5.75 Å². The van der Waals surface area contributed by atoms with Crippen molar-refractivity contribution >= 4 is 5.97 Å². The minimum absolute atomic E-state index is 0.0473. The minimum atomic E-state index is -1.23. The monoisotopic (exact) mass is 278 g/mol. The van der Waals surface area contributed by atoms with E-state index in [1.54, 1.807) is 13.0 Å². The number of ether oxygens (including phenoxy) is 1. The van der Waals surface area contributed by atoms with Crippen molar-refractivity contribution in [3.05, 3.63) is 64.7 Å². The fraction of sp³-hybridized carbons (Fsp3) is 0.133. The van der Waals surface area contributed by atoms with Gasteiger partial charge in [-0.05, 0) is 48.4 Å². The van der Waals surface area contributed by atoms with Gasteiger partial charge in [0.05, 0.1) is 5.56 Å². The third-order valence-electron chi connectivity index (χ3n) is 2.69. The van der Waals surface area contributed by atoms with Crippen LogP contribution in [-0.4, -0.2) is 11.1 Å². The third-order valence-corrected chi connectivity index (χ3v) is 2.69. The molecule has 0 aliphatic carbocycles. The normalized spacial score (nSPS) is 10.3. The van der Waals surface area contributed by atoms with Crippen LogP contribution in [0, 0.1) is 18.6 Å². The van der Waals surface area contributed by atoms with E-state index in [1.165, 1.54) is 18.2 Å². The van der Waals surface area contributed by atoms with Gasteiger partial charge in [0.15, 0.2) is 11.6 Å². The topological polar surface area (TPSA) is 46.5 Å². The Balaban J connectivity index is 2.18. The summed E-state index contributed by atoms with van der Waals surface area (Å²) < 4.78 is 32.0. The second-order valence-corrected chi connectivity index (χ2v) is 4.38. The van der Waals surface area contributed by atoms with Crippen LogP contribution < -0.4 is 4.74 Å². The van der Waals surface area contributed by atoms with Gasteiger partial charge in [-0.1, -0.05) is 6.07 Å². The average molecular weight is 278 g/mol. The molecule has 0 aliphatic rings. The molecule has 20 heavy (non-hydrogen) atoms. The molecule has 0 aliphatic heterocycles. The van der Waals surface area contributed by atoms with Gasteiger partial charge < -0.3 is 9.84 Å². The maximum Gasteiger partial charge on any atom is 0.335 e. The Morgan fingerprint density at radius 3 is 2.65 bits per heavy atom. The van der Waals surface area contributed by atoms with Crippen LogP contribution in [0.25, 0.3) is 0 Å². The van der Waals surface area contributed by atoms with Crippen LogP contribution in [-0.2, 0) is 6.61 Å². The molecule has 0 heterocycles. The van der Waals surface area contributed by atoms with Gasteiger partial charge in [0.25, 0.3) is 0 Å². The number of hydrogen-bond donors (Lipinski definition) is 1. The highest BCUT2D eigenvalue weighted by Gasteiger charge is 2.09. The molecule has 2 aromatic carbocycles. The van der Waals surface area contributed by atoms with E-state index in [4.69, 9.17) is 9.84 Å². The van der Waals surface area contributed by atoms with Crippen LogP contribution in [0.4, 0.5) is 8.78 Å². The van der Waals surface area contributed by atoms with E-state index >= 15 is 0 Å². The Kier molecular flexibility index (Phi) is 3.98. The molecule has 0 atom stereocenters. The number of carboxylic acids is 1. The molecule has 0 amide bonds. The van der Waals surface area contributed by atoms with Gasteiger partial charge >= 0.3 is 5.97 Å². The van der Waals surface area contributed by atoms with Crippen molar-refractivity contribution in [1.29, 1.82) is 0 Å². The molecule has 5 heteroatoms. The van der Waals surface area contributed by atoms with Crippen LogP contribution in [0.3, 0.4) is 0 Å². The van der Waals surface area contributed by atoms with Gasteiger partial charge in [-0.2, -0.15) is 0 Å². The lowest BCUT2D eigenvalue weighted by molar-refractivity contribution is 0.0696. The Morgan fingerprint density at radius 1 is 1.20 bits per heavy atom. The highest BCUT2D eigenvalue weighted by Crippen LogP contribution is 2.20.